The second-order valence-electron chi connectivity index (χ2n) is 3.69. The number of benzene rings is 1. The van der Waals surface area contributed by atoms with Crippen LogP contribution in [0.1, 0.15) is 16.0 Å². The number of nitro groups is 1. The molecule has 16 heavy (non-hydrogen) atoms. The van der Waals surface area contributed by atoms with Crippen LogP contribution in [0.2, 0.25) is 0 Å². The van der Waals surface area contributed by atoms with Crippen molar-refractivity contribution in [2.24, 2.45) is 0 Å². The first-order chi connectivity index (χ1) is 7.58. The van der Waals surface area contributed by atoms with E-state index in [0.717, 1.165) is 16.6 Å². The van der Waals surface area contributed by atoms with Gasteiger partial charge in [0.25, 0.3) is 0 Å². The van der Waals surface area contributed by atoms with Crippen molar-refractivity contribution >= 4 is 27.5 Å². The minimum absolute atomic E-state index is 0.435. The molecule has 0 spiro atoms. The summed E-state index contributed by atoms with van der Waals surface area (Å²) in [7, 11) is 0. The van der Waals surface area contributed by atoms with Crippen LogP contribution in [0.15, 0.2) is 24.4 Å². The molecule has 0 aliphatic heterocycles. The fourth-order valence-electron chi connectivity index (χ4n) is 1.64. The first-order valence-electron chi connectivity index (χ1n) is 4.89. The Hall–Kier alpha value is -1.68. The molecule has 0 aliphatic rings. The van der Waals surface area contributed by atoms with E-state index in [9.17, 15) is 10.1 Å². The zero-order valence-corrected chi connectivity index (χ0v) is 9.88. The molecule has 1 heterocycles. The lowest BCUT2D eigenvalue weighted by Gasteiger charge is -1.93. The van der Waals surface area contributed by atoms with E-state index in [0.29, 0.717) is 0 Å². The van der Waals surface area contributed by atoms with Crippen LogP contribution in [0.25, 0.3) is 16.2 Å². The van der Waals surface area contributed by atoms with Gasteiger partial charge in [0.2, 0.25) is 6.20 Å². The Kier molecular flexibility index (Phi) is 2.75. The third kappa shape index (κ3) is 1.97. The van der Waals surface area contributed by atoms with E-state index < -0.39 is 4.92 Å². The number of hydrogen-bond acceptors (Lipinski definition) is 3. The Morgan fingerprint density at radius 3 is 2.81 bits per heavy atom. The van der Waals surface area contributed by atoms with Gasteiger partial charge < -0.3 is 0 Å². The largest absolute Gasteiger partial charge is 0.259 e. The van der Waals surface area contributed by atoms with Gasteiger partial charge in [0.15, 0.2) is 0 Å². The van der Waals surface area contributed by atoms with E-state index in [1.165, 1.54) is 15.6 Å². The highest BCUT2D eigenvalue weighted by Crippen LogP contribution is 2.32. The van der Waals surface area contributed by atoms with Gasteiger partial charge in [-0.2, -0.15) is 0 Å². The summed E-state index contributed by atoms with van der Waals surface area (Å²) < 4.78 is 1.17. The summed E-state index contributed by atoms with van der Waals surface area (Å²) in [5.74, 6) is 0. The maximum absolute atomic E-state index is 10.3. The molecule has 0 saturated heterocycles. The average molecular weight is 233 g/mol. The van der Waals surface area contributed by atoms with E-state index in [1.807, 2.05) is 13.8 Å². The first-order valence-corrected chi connectivity index (χ1v) is 5.71. The molecule has 0 unspecified atom stereocenters. The van der Waals surface area contributed by atoms with Crippen molar-refractivity contribution in [3.8, 4) is 0 Å². The summed E-state index contributed by atoms with van der Waals surface area (Å²) in [4.78, 5) is 10.8. The van der Waals surface area contributed by atoms with E-state index in [2.05, 4.69) is 18.2 Å². The van der Waals surface area contributed by atoms with Crippen LogP contribution < -0.4 is 0 Å². The molecule has 0 fully saturated rings. The van der Waals surface area contributed by atoms with Gasteiger partial charge in [-0.3, -0.25) is 10.1 Å². The Balaban J connectivity index is 2.56. The molecule has 0 aliphatic carbocycles. The molecule has 0 saturated carbocycles. The fraction of sp³-hybridized carbons (Fsp3) is 0.167. The summed E-state index contributed by atoms with van der Waals surface area (Å²) in [6.45, 7) is 4.04. The lowest BCUT2D eigenvalue weighted by Crippen LogP contribution is -1.81. The molecule has 1 aromatic carbocycles. The Morgan fingerprint density at radius 1 is 1.38 bits per heavy atom. The molecule has 4 heteroatoms. The summed E-state index contributed by atoms with van der Waals surface area (Å²) in [6.07, 6.45) is 2.56. The second kappa shape index (κ2) is 4.06. The van der Waals surface area contributed by atoms with Crippen molar-refractivity contribution < 1.29 is 4.92 Å². The molecule has 2 aromatic rings. The Labute approximate surface area is 97.2 Å². The van der Waals surface area contributed by atoms with Crippen LogP contribution >= 0.6 is 11.3 Å². The Morgan fingerprint density at radius 2 is 2.12 bits per heavy atom. The van der Waals surface area contributed by atoms with Gasteiger partial charge in [-0.1, -0.05) is 17.7 Å². The molecule has 1 aromatic heterocycles. The van der Waals surface area contributed by atoms with Gasteiger partial charge >= 0.3 is 0 Å². The van der Waals surface area contributed by atoms with Crippen LogP contribution in [0, 0.1) is 24.0 Å². The normalized spacial score (nSPS) is 11.4. The van der Waals surface area contributed by atoms with Gasteiger partial charge in [-0.15, -0.1) is 11.3 Å². The van der Waals surface area contributed by atoms with E-state index in [-0.39, 0.29) is 0 Å². The lowest BCUT2D eigenvalue weighted by atomic mass is 10.1. The molecule has 0 amide bonds. The molecule has 82 valence electrons. The van der Waals surface area contributed by atoms with E-state index in [4.69, 9.17) is 0 Å². The average Bonchev–Trinajstić information content (AvgIpc) is 2.53. The SMILES string of the molecule is Cc1ccc2sc(/C=C/[N+](=O)[O-])c(C)c2c1. The first kappa shape index (κ1) is 10.8. The number of thiophene rings is 1. The molecule has 0 N–H and O–H groups in total. The van der Waals surface area contributed by atoms with E-state index >= 15 is 0 Å². The van der Waals surface area contributed by atoms with Crippen LogP contribution in [-0.2, 0) is 0 Å². The third-order valence-electron chi connectivity index (χ3n) is 2.48. The molecule has 0 bridgehead atoms. The minimum Gasteiger partial charge on any atom is -0.259 e. The molecule has 0 atom stereocenters. The molecule has 2 rings (SSSR count). The van der Waals surface area contributed by atoms with Crippen molar-refractivity contribution in [1.29, 1.82) is 0 Å². The van der Waals surface area contributed by atoms with Gasteiger partial charge in [0.05, 0.1) is 4.92 Å². The van der Waals surface area contributed by atoms with Gasteiger partial charge in [-0.25, -0.2) is 0 Å². The van der Waals surface area contributed by atoms with Crippen molar-refractivity contribution in [3.05, 3.63) is 50.5 Å². The smallest absolute Gasteiger partial charge is 0.235 e. The monoisotopic (exact) mass is 233 g/mol. The summed E-state index contributed by atoms with van der Waals surface area (Å²) in [6, 6.07) is 6.23. The summed E-state index contributed by atoms with van der Waals surface area (Å²) in [5, 5.41) is 11.5. The van der Waals surface area contributed by atoms with Crippen molar-refractivity contribution in [2.75, 3.05) is 0 Å². The maximum Gasteiger partial charge on any atom is 0.235 e. The number of hydrogen-bond donors (Lipinski definition) is 0. The molecule has 3 nitrogen and oxygen atoms in total. The maximum atomic E-state index is 10.3. The van der Waals surface area contributed by atoms with Gasteiger partial charge in [0.1, 0.15) is 0 Å². The lowest BCUT2D eigenvalue weighted by molar-refractivity contribution is -0.400. The van der Waals surface area contributed by atoms with Crippen LogP contribution in [0.4, 0.5) is 0 Å². The van der Waals surface area contributed by atoms with Gasteiger partial charge in [-0.05, 0) is 30.9 Å². The molecular formula is C12H11NO2S. The van der Waals surface area contributed by atoms with E-state index in [1.54, 1.807) is 17.4 Å². The highest BCUT2D eigenvalue weighted by molar-refractivity contribution is 7.20. The predicted octanol–water partition coefficient (Wildman–Crippen LogP) is 3.77. The zero-order valence-electron chi connectivity index (χ0n) is 9.06. The van der Waals surface area contributed by atoms with Crippen LogP contribution in [-0.4, -0.2) is 4.92 Å². The van der Waals surface area contributed by atoms with Crippen molar-refractivity contribution in [2.45, 2.75) is 13.8 Å². The second-order valence-corrected chi connectivity index (χ2v) is 4.78. The van der Waals surface area contributed by atoms with Crippen molar-refractivity contribution in [1.82, 2.24) is 0 Å². The number of nitrogens with zero attached hydrogens (tertiary/aromatic N) is 1. The quantitative estimate of drug-likeness (QED) is 0.585. The number of aryl methyl sites for hydroxylation is 2. The molecule has 0 radical (unpaired) electrons. The number of rotatable bonds is 2. The fourth-order valence-corrected chi connectivity index (χ4v) is 2.73. The van der Waals surface area contributed by atoms with Crippen molar-refractivity contribution in [3.63, 3.8) is 0 Å². The standard InChI is InChI=1S/C12H11NO2S/c1-8-3-4-12-10(7-8)9(2)11(16-12)5-6-13(14)15/h3-7H,1-2H3/b6-5+. The summed E-state index contributed by atoms with van der Waals surface area (Å²) >= 11 is 1.58. The molecular weight excluding hydrogens is 222 g/mol. The highest BCUT2D eigenvalue weighted by Gasteiger charge is 2.06. The predicted molar refractivity (Wildman–Crippen MR) is 67.3 cm³/mol. The van der Waals surface area contributed by atoms with Gasteiger partial charge in [0, 0.05) is 15.7 Å². The minimum atomic E-state index is -0.435. The van der Waals surface area contributed by atoms with Crippen LogP contribution in [0.5, 0.6) is 0 Å². The van der Waals surface area contributed by atoms with Crippen LogP contribution in [0.3, 0.4) is 0 Å². The highest BCUT2D eigenvalue weighted by atomic mass is 32.1. The number of fused-ring (bicyclic) bond motifs is 1. The Bertz CT molecular complexity index is 584. The third-order valence-corrected chi connectivity index (χ3v) is 3.71. The summed E-state index contributed by atoms with van der Waals surface area (Å²) in [5.41, 5.74) is 2.32. The topological polar surface area (TPSA) is 43.1 Å². The zero-order chi connectivity index (χ0) is 11.7.